The topological polar surface area (TPSA) is 6.48 Å². The van der Waals surface area contributed by atoms with Crippen LogP contribution in [0.5, 0.6) is 0 Å². The van der Waals surface area contributed by atoms with E-state index in [-0.39, 0.29) is 0 Å². The molecule has 2 fully saturated rings. The molecule has 2 aliphatic rings. The van der Waals surface area contributed by atoms with E-state index >= 15 is 0 Å². The first kappa shape index (κ1) is 10.4. The van der Waals surface area contributed by atoms with Crippen molar-refractivity contribution in [2.75, 3.05) is 32.7 Å². The van der Waals surface area contributed by atoms with Gasteiger partial charge in [0.15, 0.2) is 0 Å². The molecule has 1 aliphatic heterocycles. The SMILES string of the molecule is CCN1CCN([C@@H]2CC[C@@H](C)C2)CC1. The molecule has 2 rings (SSSR count). The lowest BCUT2D eigenvalue weighted by molar-refractivity contribution is 0.1000. The van der Waals surface area contributed by atoms with E-state index in [0.717, 1.165) is 12.0 Å². The van der Waals surface area contributed by atoms with Crippen LogP contribution in [0.3, 0.4) is 0 Å². The van der Waals surface area contributed by atoms with Crippen LogP contribution in [-0.4, -0.2) is 48.6 Å². The van der Waals surface area contributed by atoms with Crippen LogP contribution < -0.4 is 0 Å². The quantitative estimate of drug-likeness (QED) is 0.664. The van der Waals surface area contributed by atoms with Crippen molar-refractivity contribution in [2.24, 2.45) is 5.92 Å². The zero-order valence-electron chi connectivity index (χ0n) is 9.71. The monoisotopic (exact) mass is 196 g/mol. The summed E-state index contributed by atoms with van der Waals surface area (Å²) in [6.45, 7) is 11.1. The van der Waals surface area contributed by atoms with Crippen LogP contribution in [0.25, 0.3) is 0 Å². The number of rotatable bonds is 2. The molecule has 2 nitrogen and oxygen atoms in total. The Bertz CT molecular complexity index is 173. The van der Waals surface area contributed by atoms with Crippen molar-refractivity contribution in [2.45, 2.75) is 39.2 Å². The summed E-state index contributed by atoms with van der Waals surface area (Å²) in [7, 11) is 0. The molecule has 0 bridgehead atoms. The molecule has 1 heterocycles. The van der Waals surface area contributed by atoms with E-state index in [9.17, 15) is 0 Å². The number of likely N-dealkylation sites (N-methyl/N-ethyl adjacent to an activating group) is 1. The molecule has 0 spiro atoms. The van der Waals surface area contributed by atoms with Gasteiger partial charge >= 0.3 is 0 Å². The summed E-state index contributed by atoms with van der Waals surface area (Å²) in [5.74, 6) is 0.976. The maximum absolute atomic E-state index is 2.73. The van der Waals surface area contributed by atoms with Gasteiger partial charge in [0.1, 0.15) is 0 Å². The number of hydrogen-bond acceptors (Lipinski definition) is 2. The van der Waals surface area contributed by atoms with E-state index in [2.05, 4.69) is 23.6 Å². The van der Waals surface area contributed by atoms with Crippen LogP contribution in [0.1, 0.15) is 33.1 Å². The molecule has 14 heavy (non-hydrogen) atoms. The summed E-state index contributed by atoms with van der Waals surface area (Å²) in [6, 6.07) is 0.920. The molecule has 1 aliphatic carbocycles. The first-order valence-corrected chi connectivity index (χ1v) is 6.26. The molecule has 0 unspecified atom stereocenters. The lowest BCUT2D eigenvalue weighted by atomic mass is 10.1. The summed E-state index contributed by atoms with van der Waals surface area (Å²) in [4.78, 5) is 5.30. The standard InChI is InChI=1S/C12H24N2/c1-3-13-6-8-14(9-7-13)12-5-4-11(2)10-12/h11-12H,3-10H2,1-2H3/t11-,12-/m1/s1. The summed E-state index contributed by atoms with van der Waals surface area (Å²) >= 11 is 0. The highest BCUT2D eigenvalue weighted by atomic mass is 15.3. The third kappa shape index (κ3) is 2.29. The van der Waals surface area contributed by atoms with Gasteiger partial charge in [0, 0.05) is 32.2 Å². The first-order valence-electron chi connectivity index (χ1n) is 6.26. The lowest BCUT2D eigenvalue weighted by Crippen LogP contribution is -2.49. The molecule has 0 aromatic rings. The Morgan fingerprint density at radius 2 is 1.79 bits per heavy atom. The van der Waals surface area contributed by atoms with Crippen LogP contribution in [-0.2, 0) is 0 Å². The van der Waals surface area contributed by atoms with Crippen LogP contribution in [0.2, 0.25) is 0 Å². The summed E-state index contributed by atoms with van der Waals surface area (Å²) in [5, 5.41) is 0. The molecule has 1 saturated carbocycles. The van der Waals surface area contributed by atoms with E-state index < -0.39 is 0 Å². The molecule has 82 valence electrons. The van der Waals surface area contributed by atoms with Gasteiger partial charge in [0.25, 0.3) is 0 Å². The average Bonchev–Trinajstić information content (AvgIpc) is 2.65. The molecule has 2 atom stereocenters. The van der Waals surface area contributed by atoms with Gasteiger partial charge in [-0.25, -0.2) is 0 Å². The minimum Gasteiger partial charge on any atom is -0.301 e. The second-order valence-corrected chi connectivity index (χ2v) is 5.04. The molecule has 2 heteroatoms. The van der Waals surface area contributed by atoms with E-state index in [1.165, 1.54) is 52.0 Å². The molecule has 0 aromatic heterocycles. The fourth-order valence-electron chi connectivity index (χ4n) is 2.95. The fourth-order valence-corrected chi connectivity index (χ4v) is 2.95. The highest BCUT2D eigenvalue weighted by Crippen LogP contribution is 2.29. The van der Waals surface area contributed by atoms with Gasteiger partial charge in [-0.3, -0.25) is 4.90 Å². The molecule has 0 N–H and O–H groups in total. The Kier molecular flexibility index (Phi) is 3.45. The number of nitrogens with zero attached hydrogens (tertiary/aromatic N) is 2. The second-order valence-electron chi connectivity index (χ2n) is 5.04. The fraction of sp³-hybridized carbons (Fsp3) is 1.00. The Hall–Kier alpha value is -0.0800. The summed E-state index contributed by atoms with van der Waals surface area (Å²) in [5.41, 5.74) is 0. The van der Waals surface area contributed by atoms with Gasteiger partial charge < -0.3 is 4.90 Å². The van der Waals surface area contributed by atoms with Crippen molar-refractivity contribution in [3.63, 3.8) is 0 Å². The van der Waals surface area contributed by atoms with Crippen molar-refractivity contribution in [1.29, 1.82) is 0 Å². The van der Waals surface area contributed by atoms with E-state index in [0.29, 0.717) is 0 Å². The van der Waals surface area contributed by atoms with E-state index in [1.807, 2.05) is 0 Å². The third-order valence-corrected chi connectivity index (χ3v) is 4.04. The first-order chi connectivity index (χ1) is 6.79. The minimum atomic E-state index is 0.920. The Labute approximate surface area is 88.3 Å². The summed E-state index contributed by atoms with van der Waals surface area (Å²) in [6.07, 6.45) is 4.36. The van der Waals surface area contributed by atoms with Gasteiger partial charge in [0.05, 0.1) is 0 Å². The highest BCUT2D eigenvalue weighted by molar-refractivity contribution is 4.84. The normalized spacial score (nSPS) is 36.4. The van der Waals surface area contributed by atoms with Crippen LogP contribution in [0.15, 0.2) is 0 Å². The zero-order valence-corrected chi connectivity index (χ0v) is 9.71. The lowest BCUT2D eigenvalue weighted by Gasteiger charge is -2.37. The van der Waals surface area contributed by atoms with Gasteiger partial charge in [0.2, 0.25) is 0 Å². The number of hydrogen-bond donors (Lipinski definition) is 0. The van der Waals surface area contributed by atoms with Gasteiger partial charge in [-0.1, -0.05) is 13.8 Å². The van der Waals surface area contributed by atoms with Crippen molar-refractivity contribution < 1.29 is 0 Å². The maximum Gasteiger partial charge on any atom is 0.0113 e. The molecule has 0 aromatic carbocycles. The number of piperazine rings is 1. The van der Waals surface area contributed by atoms with E-state index in [4.69, 9.17) is 0 Å². The molecular formula is C12H24N2. The molecule has 0 radical (unpaired) electrons. The smallest absolute Gasteiger partial charge is 0.0113 e. The second kappa shape index (κ2) is 4.63. The predicted octanol–water partition coefficient (Wildman–Crippen LogP) is 1.81. The van der Waals surface area contributed by atoms with Crippen LogP contribution in [0.4, 0.5) is 0 Å². The highest BCUT2D eigenvalue weighted by Gasteiger charge is 2.28. The molecular weight excluding hydrogens is 172 g/mol. The van der Waals surface area contributed by atoms with Crippen molar-refractivity contribution in [1.82, 2.24) is 9.80 Å². The zero-order chi connectivity index (χ0) is 9.97. The third-order valence-electron chi connectivity index (χ3n) is 4.04. The minimum absolute atomic E-state index is 0.920. The maximum atomic E-state index is 2.73. The Balaban J connectivity index is 1.78. The molecule has 0 amide bonds. The van der Waals surface area contributed by atoms with Crippen LogP contribution in [0, 0.1) is 5.92 Å². The van der Waals surface area contributed by atoms with Crippen molar-refractivity contribution in [3.05, 3.63) is 0 Å². The van der Waals surface area contributed by atoms with Crippen LogP contribution >= 0.6 is 0 Å². The van der Waals surface area contributed by atoms with Gasteiger partial charge in [-0.05, 0) is 31.7 Å². The van der Waals surface area contributed by atoms with Crippen molar-refractivity contribution >= 4 is 0 Å². The average molecular weight is 196 g/mol. The van der Waals surface area contributed by atoms with Gasteiger partial charge in [-0.15, -0.1) is 0 Å². The summed E-state index contributed by atoms with van der Waals surface area (Å²) < 4.78 is 0. The largest absolute Gasteiger partial charge is 0.301 e. The van der Waals surface area contributed by atoms with Gasteiger partial charge in [-0.2, -0.15) is 0 Å². The Morgan fingerprint density at radius 3 is 2.29 bits per heavy atom. The van der Waals surface area contributed by atoms with E-state index in [1.54, 1.807) is 0 Å². The predicted molar refractivity (Wildman–Crippen MR) is 60.5 cm³/mol. The Morgan fingerprint density at radius 1 is 1.07 bits per heavy atom. The molecule has 1 saturated heterocycles. The van der Waals surface area contributed by atoms with Crippen molar-refractivity contribution in [3.8, 4) is 0 Å².